The second-order valence-electron chi connectivity index (χ2n) is 7.60. The van der Waals surface area contributed by atoms with Crippen LogP contribution in [0.1, 0.15) is 50.3 Å². The van der Waals surface area contributed by atoms with Crippen LogP contribution < -0.4 is 19.5 Å². The van der Waals surface area contributed by atoms with Crippen molar-refractivity contribution in [3.8, 4) is 27.8 Å². The third-order valence-electron chi connectivity index (χ3n) is 5.09. The maximum Gasteiger partial charge on any atom is 0.255 e. The maximum absolute atomic E-state index is 13.0. The molecule has 1 amide bonds. The van der Waals surface area contributed by atoms with Crippen LogP contribution in [0.3, 0.4) is 0 Å². The second kappa shape index (κ2) is 11.2. The zero-order valence-corrected chi connectivity index (χ0v) is 21.1. The Morgan fingerprint density at radius 1 is 0.943 bits per heavy atom. The van der Waals surface area contributed by atoms with Gasteiger partial charge >= 0.3 is 0 Å². The Kier molecular flexibility index (Phi) is 7.81. The van der Waals surface area contributed by atoms with Crippen LogP contribution in [-0.2, 0) is 6.42 Å². The van der Waals surface area contributed by atoms with Crippen LogP contribution in [0.25, 0.3) is 15.5 Å². The second-order valence-corrected chi connectivity index (χ2v) is 8.56. The smallest absolute Gasteiger partial charge is 0.255 e. The van der Waals surface area contributed by atoms with Gasteiger partial charge in [-0.25, -0.2) is 0 Å². The topological polar surface area (TPSA) is 99.9 Å². The molecule has 4 rings (SSSR count). The van der Waals surface area contributed by atoms with Crippen molar-refractivity contribution in [2.24, 2.45) is 0 Å². The van der Waals surface area contributed by atoms with E-state index in [-0.39, 0.29) is 5.91 Å². The summed E-state index contributed by atoms with van der Waals surface area (Å²) in [5.74, 6) is 2.05. The molecule has 0 aliphatic rings. The standard InChI is InChI=1S/C25H29N5O4S/c1-5-9-21-27-28-25-30(21)29-24(35-25)16-10-12-18(13-11-16)26-23(31)17-14-19(32-6-2)22(34-8-4)20(15-17)33-7-3/h10-15H,5-9H2,1-4H3,(H,26,31). The number of anilines is 1. The summed E-state index contributed by atoms with van der Waals surface area (Å²) >= 11 is 1.48. The van der Waals surface area contributed by atoms with Gasteiger partial charge in [0.15, 0.2) is 17.3 Å². The van der Waals surface area contributed by atoms with E-state index in [1.54, 1.807) is 16.6 Å². The SMILES string of the molecule is CCCc1nnc2sc(-c3ccc(NC(=O)c4cc(OCC)c(OCC)c(OCC)c4)cc3)nn12. The summed E-state index contributed by atoms with van der Waals surface area (Å²) in [6.45, 7) is 9.09. The molecule has 2 aromatic carbocycles. The number of nitrogens with one attached hydrogen (secondary N) is 1. The van der Waals surface area contributed by atoms with Gasteiger partial charge in [-0.05, 0) is 63.6 Å². The van der Waals surface area contributed by atoms with Gasteiger partial charge in [0, 0.05) is 23.2 Å². The first-order chi connectivity index (χ1) is 17.1. The summed E-state index contributed by atoms with van der Waals surface area (Å²) < 4.78 is 19.0. The molecule has 35 heavy (non-hydrogen) atoms. The number of aromatic nitrogens is 4. The number of amides is 1. The van der Waals surface area contributed by atoms with Crippen molar-refractivity contribution in [3.63, 3.8) is 0 Å². The Morgan fingerprint density at radius 3 is 2.20 bits per heavy atom. The summed E-state index contributed by atoms with van der Waals surface area (Å²) in [4.78, 5) is 13.8. The highest BCUT2D eigenvalue weighted by atomic mass is 32.1. The number of fused-ring (bicyclic) bond motifs is 1. The number of hydrogen-bond acceptors (Lipinski definition) is 8. The molecule has 2 heterocycles. The summed E-state index contributed by atoms with van der Waals surface area (Å²) in [6, 6.07) is 10.9. The lowest BCUT2D eigenvalue weighted by Gasteiger charge is -2.17. The van der Waals surface area contributed by atoms with E-state index in [4.69, 9.17) is 14.2 Å². The molecule has 0 bridgehead atoms. The normalized spacial score (nSPS) is 11.0. The zero-order valence-electron chi connectivity index (χ0n) is 20.3. The van der Waals surface area contributed by atoms with E-state index in [2.05, 4.69) is 27.5 Å². The van der Waals surface area contributed by atoms with Crippen LogP contribution in [-0.4, -0.2) is 45.5 Å². The molecule has 2 aromatic heterocycles. The first-order valence-electron chi connectivity index (χ1n) is 11.8. The lowest BCUT2D eigenvalue weighted by Crippen LogP contribution is -2.13. The quantitative estimate of drug-likeness (QED) is 0.303. The van der Waals surface area contributed by atoms with E-state index in [9.17, 15) is 4.79 Å². The Labute approximate surface area is 208 Å². The molecule has 4 aromatic rings. The monoisotopic (exact) mass is 495 g/mol. The van der Waals surface area contributed by atoms with Crippen LogP contribution in [0, 0.1) is 0 Å². The van der Waals surface area contributed by atoms with Gasteiger partial charge in [0.1, 0.15) is 5.01 Å². The van der Waals surface area contributed by atoms with Gasteiger partial charge in [0.25, 0.3) is 5.91 Å². The molecule has 9 nitrogen and oxygen atoms in total. The molecule has 0 saturated heterocycles. The molecular formula is C25H29N5O4S. The Balaban J connectivity index is 1.54. The molecule has 0 aliphatic carbocycles. The molecular weight excluding hydrogens is 466 g/mol. The fraction of sp³-hybridized carbons (Fsp3) is 0.360. The molecule has 0 saturated carbocycles. The van der Waals surface area contributed by atoms with E-state index >= 15 is 0 Å². The number of benzene rings is 2. The van der Waals surface area contributed by atoms with Gasteiger partial charge in [-0.1, -0.05) is 18.3 Å². The molecule has 0 spiro atoms. The van der Waals surface area contributed by atoms with Gasteiger partial charge in [-0.15, -0.1) is 10.2 Å². The van der Waals surface area contributed by atoms with Crippen LogP contribution >= 0.6 is 11.3 Å². The van der Waals surface area contributed by atoms with Gasteiger partial charge in [-0.3, -0.25) is 4.79 Å². The molecule has 0 fully saturated rings. The lowest BCUT2D eigenvalue weighted by atomic mass is 10.1. The number of aryl methyl sites for hydroxylation is 1. The van der Waals surface area contributed by atoms with Crippen molar-refractivity contribution in [3.05, 3.63) is 47.8 Å². The third-order valence-corrected chi connectivity index (χ3v) is 6.04. The van der Waals surface area contributed by atoms with Crippen LogP contribution in [0.5, 0.6) is 17.2 Å². The van der Waals surface area contributed by atoms with E-state index in [1.807, 2.05) is 45.0 Å². The number of nitrogens with zero attached hydrogens (tertiary/aromatic N) is 4. The van der Waals surface area contributed by atoms with Gasteiger partial charge in [0.05, 0.1) is 19.8 Å². The first kappa shape index (κ1) is 24.5. The van der Waals surface area contributed by atoms with Crippen LogP contribution in [0.4, 0.5) is 5.69 Å². The minimum atomic E-state index is -0.272. The highest BCUT2D eigenvalue weighted by Gasteiger charge is 2.19. The van der Waals surface area contributed by atoms with Crippen molar-refractivity contribution in [1.29, 1.82) is 0 Å². The van der Waals surface area contributed by atoms with Crippen molar-refractivity contribution in [2.75, 3.05) is 25.1 Å². The Hall–Kier alpha value is -3.66. The fourth-order valence-corrected chi connectivity index (χ4v) is 4.44. The van der Waals surface area contributed by atoms with E-state index in [0.717, 1.165) is 34.2 Å². The van der Waals surface area contributed by atoms with Crippen molar-refractivity contribution in [1.82, 2.24) is 19.8 Å². The zero-order chi connectivity index (χ0) is 24.8. The number of carbonyl (C=O) groups is 1. The van der Waals surface area contributed by atoms with Gasteiger partial charge < -0.3 is 19.5 Å². The van der Waals surface area contributed by atoms with Gasteiger partial charge in [-0.2, -0.15) is 9.61 Å². The van der Waals surface area contributed by atoms with Crippen molar-refractivity contribution >= 4 is 27.9 Å². The summed E-state index contributed by atoms with van der Waals surface area (Å²) in [6.07, 6.45) is 1.81. The molecule has 1 N–H and O–H groups in total. The third kappa shape index (κ3) is 5.37. The average Bonchev–Trinajstić information content (AvgIpc) is 3.44. The molecule has 0 unspecified atom stereocenters. The fourth-order valence-electron chi connectivity index (χ4n) is 3.57. The molecule has 10 heteroatoms. The number of rotatable bonds is 11. The van der Waals surface area contributed by atoms with Gasteiger partial charge in [0.2, 0.25) is 10.7 Å². The number of ether oxygens (including phenoxy) is 3. The Bertz CT molecular complexity index is 1270. The summed E-state index contributed by atoms with van der Waals surface area (Å²) in [5, 5.41) is 16.9. The number of carbonyl (C=O) groups excluding carboxylic acids is 1. The highest BCUT2D eigenvalue weighted by molar-refractivity contribution is 7.19. The van der Waals surface area contributed by atoms with Crippen molar-refractivity contribution < 1.29 is 19.0 Å². The van der Waals surface area contributed by atoms with Crippen LogP contribution in [0.2, 0.25) is 0 Å². The predicted molar refractivity (Wildman–Crippen MR) is 136 cm³/mol. The largest absolute Gasteiger partial charge is 0.490 e. The molecule has 184 valence electrons. The van der Waals surface area contributed by atoms with Crippen LogP contribution in [0.15, 0.2) is 36.4 Å². The van der Waals surface area contributed by atoms with E-state index < -0.39 is 0 Å². The predicted octanol–water partition coefficient (Wildman–Crippen LogP) is 5.25. The maximum atomic E-state index is 13.0. The van der Waals surface area contributed by atoms with E-state index in [1.165, 1.54) is 11.3 Å². The highest BCUT2D eigenvalue weighted by Crippen LogP contribution is 2.39. The minimum absolute atomic E-state index is 0.272. The molecule has 0 atom stereocenters. The summed E-state index contributed by atoms with van der Waals surface area (Å²) in [7, 11) is 0. The minimum Gasteiger partial charge on any atom is -0.490 e. The van der Waals surface area contributed by atoms with E-state index in [0.29, 0.717) is 48.3 Å². The molecule has 0 aliphatic heterocycles. The first-order valence-corrected chi connectivity index (χ1v) is 12.6. The summed E-state index contributed by atoms with van der Waals surface area (Å²) in [5.41, 5.74) is 2.03. The van der Waals surface area contributed by atoms with Crippen molar-refractivity contribution in [2.45, 2.75) is 40.5 Å². The number of hydrogen-bond donors (Lipinski definition) is 1. The average molecular weight is 496 g/mol. The molecule has 0 radical (unpaired) electrons. The Morgan fingerprint density at radius 2 is 1.60 bits per heavy atom. The lowest BCUT2D eigenvalue weighted by molar-refractivity contribution is 0.102.